The van der Waals surface area contributed by atoms with Crippen molar-refractivity contribution < 1.29 is 18.3 Å². The van der Waals surface area contributed by atoms with Crippen molar-refractivity contribution in [2.45, 2.75) is 6.92 Å². The van der Waals surface area contributed by atoms with Crippen LogP contribution in [0.25, 0.3) is 0 Å². The summed E-state index contributed by atoms with van der Waals surface area (Å²) < 4.78 is 22.6. The molecule has 104 valence electrons. The Labute approximate surface area is 112 Å². The van der Waals surface area contributed by atoms with Gasteiger partial charge in [0.15, 0.2) is 0 Å². The number of nitrogens with one attached hydrogen (secondary N) is 1. The fraction of sp³-hybridized carbons (Fsp3) is 0.500. The van der Waals surface area contributed by atoms with E-state index in [0.717, 1.165) is 31.9 Å². The molecule has 0 saturated carbocycles. The molecule has 2 N–H and O–H groups in total. The second-order valence-electron chi connectivity index (χ2n) is 4.52. The minimum absolute atomic E-state index is 0.0384. The number of hydrogen-bond donors (Lipinski definition) is 2. The van der Waals surface area contributed by atoms with E-state index < -0.39 is 22.2 Å². The zero-order valence-corrected chi connectivity index (χ0v) is 11.4. The zero-order valence-electron chi connectivity index (χ0n) is 10.6. The lowest BCUT2D eigenvalue weighted by Gasteiger charge is -2.33. The number of nitrogens with zero attached hydrogens (tertiary/aromatic N) is 1. The molecule has 1 atom stereocenters. The first-order valence-corrected chi connectivity index (χ1v) is 7.14. The Morgan fingerprint density at radius 1 is 1.42 bits per heavy atom. The van der Waals surface area contributed by atoms with Crippen LogP contribution in [-0.2, 0) is 15.1 Å². The number of hydrogen-bond acceptors (Lipinski definition) is 5. The third kappa shape index (κ3) is 2.71. The summed E-state index contributed by atoms with van der Waals surface area (Å²) in [6.45, 7) is 4.91. The summed E-state index contributed by atoms with van der Waals surface area (Å²) >= 11 is 0. The van der Waals surface area contributed by atoms with Gasteiger partial charge in [-0.25, -0.2) is 0 Å². The fourth-order valence-electron chi connectivity index (χ4n) is 2.43. The van der Waals surface area contributed by atoms with Gasteiger partial charge in [-0.3, -0.25) is 4.79 Å². The molecule has 0 radical (unpaired) electrons. The van der Waals surface area contributed by atoms with Crippen molar-refractivity contribution in [1.29, 1.82) is 0 Å². The molecule has 0 aromatic carbocycles. The normalized spacial score (nSPS) is 23.7. The molecule has 1 fully saturated rings. The van der Waals surface area contributed by atoms with Crippen molar-refractivity contribution in [1.82, 2.24) is 10.2 Å². The molecule has 0 aromatic rings. The van der Waals surface area contributed by atoms with Crippen molar-refractivity contribution in [3.63, 3.8) is 0 Å². The number of piperazine rings is 1. The second-order valence-corrected chi connectivity index (χ2v) is 5.43. The molecule has 2 rings (SSSR count). The predicted molar refractivity (Wildman–Crippen MR) is 71.3 cm³/mol. The summed E-state index contributed by atoms with van der Waals surface area (Å²) in [5, 5.41) is 12.3. The summed E-state index contributed by atoms with van der Waals surface area (Å²) in [6, 6.07) is 0. The van der Waals surface area contributed by atoms with Gasteiger partial charge in [0.05, 0.1) is 4.86 Å². The molecule has 0 aromatic heterocycles. The molecule has 7 heteroatoms. The van der Waals surface area contributed by atoms with Gasteiger partial charge in [0.1, 0.15) is 5.92 Å². The first-order chi connectivity index (χ1) is 9.02. The first kappa shape index (κ1) is 13.8. The molecule has 19 heavy (non-hydrogen) atoms. The Kier molecular flexibility index (Phi) is 4.06. The van der Waals surface area contributed by atoms with Crippen LogP contribution in [0.2, 0.25) is 0 Å². The Balaban J connectivity index is 2.43. The highest BCUT2D eigenvalue weighted by Crippen LogP contribution is 2.24. The number of carboxylic acids is 1. The number of carboxylic acid groups (broad SMARTS) is 1. The fourth-order valence-corrected chi connectivity index (χ4v) is 3.17. The summed E-state index contributed by atoms with van der Waals surface area (Å²) in [6.07, 6.45) is 3.16. The Bertz CT molecular complexity index is 575. The van der Waals surface area contributed by atoms with Gasteiger partial charge in [0.25, 0.3) is 0 Å². The third-order valence-corrected chi connectivity index (χ3v) is 4.31. The van der Waals surface area contributed by atoms with Crippen LogP contribution in [0.4, 0.5) is 0 Å². The van der Waals surface area contributed by atoms with Crippen LogP contribution in [-0.4, -0.2) is 55.4 Å². The predicted octanol–water partition coefficient (Wildman–Crippen LogP) is -0.512. The van der Waals surface area contributed by atoms with Gasteiger partial charge in [-0.2, -0.15) is 8.42 Å². The van der Waals surface area contributed by atoms with Crippen molar-refractivity contribution in [3.05, 3.63) is 23.4 Å². The van der Waals surface area contributed by atoms with E-state index in [1.54, 1.807) is 13.0 Å². The number of carbonyl (C=O) groups is 1. The van der Waals surface area contributed by atoms with Gasteiger partial charge >= 0.3 is 5.97 Å². The molecular formula is C12H16N2O4S. The van der Waals surface area contributed by atoms with Crippen molar-refractivity contribution in [2.24, 2.45) is 5.92 Å². The van der Waals surface area contributed by atoms with E-state index in [9.17, 15) is 13.2 Å². The Morgan fingerprint density at radius 3 is 2.58 bits per heavy atom. The molecule has 1 aliphatic carbocycles. The van der Waals surface area contributed by atoms with E-state index in [0.29, 0.717) is 5.57 Å². The average Bonchev–Trinajstić information content (AvgIpc) is 2.38. The van der Waals surface area contributed by atoms with Crippen LogP contribution in [0.3, 0.4) is 0 Å². The maximum Gasteiger partial charge on any atom is 0.315 e. The lowest BCUT2D eigenvalue weighted by molar-refractivity contribution is -0.138. The Hall–Kier alpha value is -1.60. The molecule has 6 nitrogen and oxygen atoms in total. The minimum Gasteiger partial charge on any atom is -0.481 e. The van der Waals surface area contributed by atoms with Crippen LogP contribution in [0.1, 0.15) is 6.92 Å². The Morgan fingerprint density at radius 2 is 2.05 bits per heavy atom. The van der Waals surface area contributed by atoms with Crippen LogP contribution < -0.4 is 5.32 Å². The van der Waals surface area contributed by atoms with E-state index in [1.165, 1.54) is 6.08 Å². The summed E-state index contributed by atoms with van der Waals surface area (Å²) in [5.41, 5.74) is 1.34. The molecule has 1 saturated heterocycles. The van der Waals surface area contributed by atoms with Gasteiger partial charge in [0.2, 0.25) is 10.3 Å². The monoisotopic (exact) mass is 284 g/mol. The summed E-state index contributed by atoms with van der Waals surface area (Å²) in [4.78, 5) is 13.1. The molecule has 0 amide bonds. The zero-order chi connectivity index (χ0) is 14.0. The van der Waals surface area contributed by atoms with Crippen molar-refractivity contribution >= 4 is 21.1 Å². The highest BCUT2D eigenvalue weighted by atomic mass is 32.2. The SMILES string of the molecule is CC1=C(N2CCNCC2)C=CC(C(=O)O)C1=S(=O)=O. The lowest BCUT2D eigenvalue weighted by atomic mass is 9.92. The van der Waals surface area contributed by atoms with Crippen LogP contribution in [0.5, 0.6) is 0 Å². The maximum absolute atomic E-state index is 11.3. The number of rotatable bonds is 2. The summed E-state index contributed by atoms with van der Waals surface area (Å²) in [7, 11) is -2.52. The van der Waals surface area contributed by atoms with E-state index in [4.69, 9.17) is 5.11 Å². The average molecular weight is 284 g/mol. The van der Waals surface area contributed by atoms with Crippen LogP contribution >= 0.6 is 0 Å². The quantitative estimate of drug-likeness (QED) is 0.664. The van der Waals surface area contributed by atoms with Crippen molar-refractivity contribution in [2.75, 3.05) is 26.2 Å². The van der Waals surface area contributed by atoms with Gasteiger partial charge in [-0.15, -0.1) is 0 Å². The number of aliphatic carboxylic acids is 1. The van der Waals surface area contributed by atoms with Crippen molar-refractivity contribution in [3.8, 4) is 0 Å². The molecule has 1 unspecified atom stereocenters. The van der Waals surface area contributed by atoms with E-state index >= 15 is 0 Å². The van der Waals surface area contributed by atoms with Gasteiger partial charge < -0.3 is 15.3 Å². The van der Waals surface area contributed by atoms with E-state index in [1.807, 2.05) is 0 Å². The molecule has 1 heterocycles. The number of allylic oxidation sites excluding steroid dienone is 2. The molecule has 0 bridgehead atoms. The molecular weight excluding hydrogens is 268 g/mol. The minimum atomic E-state index is -2.52. The van der Waals surface area contributed by atoms with Gasteiger partial charge in [0, 0.05) is 31.9 Å². The smallest absolute Gasteiger partial charge is 0.315 e. The van der Waals surface area contributed by atoms with Crippen LogP contribution in [0.15, 0.2) is 23.4 Å². The second kappa shape index (κ2) is 5.58. The lowest BCUT2D eigenvalue weighted by Crippen LogP contribution is -2.44. The van der Waals surface area contributed by atoms with E-state index in [2.05, 4.69) is 10.2 Å². The highest BCUT2D eigenvalue weighted by molar-refractivity contribution is 7.73. The van der Waals surface area contributed by atoms with Gasteiger partial charge in [-0.1, -0.05) is 6.08 Å². The van der Waals surface area contributed by atoms with Gasteiger partial charge in [-0.05, 0) is 18.6 Å². The van der Waals surface area contributed by atoms with Crippen LogP contribution in [0, 0.1) is 5.92 Å². The van der Waals surface area contributed by atoms with E-state index in [-0.39, 0.29) is 4.86 Å². The highest BCUT2D eigenvalue weighted by Gasteiger charge is 2.30. The molecule has 0 spiro atoms. The third-order valence-electron chi connectivity index (χ3n) is 3.39. The standard InChI is InChI=1S/C12H16N2O4S/c1-8-10(14-6-4-13-5-7-14)3-2-9(12(15)16)11(8)19(17)18/h2-3,9,13H,4-7H2,1H3,(H,15,16). The molecule has 2 aliphatic rings. The topological polar surface area (TPSA) is 86.7 Å². The molecule has 1 aliphatic heterocycles. The summed E-state index contributed by atoms with van der Waals surface area (Å²) in [5.74, 6) is -2.22. The largest absolute Gasteiger partial charge is 0.481 e. The maximum atomic E-state index is 11.3. The first-order valence-electron chi connectivity index (χ1n) is 6.06.